The third-order valence-electron chi connectivity index (χ3n) is 3.49. The SMILES string of the molecule is Cc1ccc(C(=O)N2CCN(CC(=O)NC(C)(C)C)CC2)s1. The lowest BCUT2D eigenvalue weighted by Gasteiger charge is -2.34. The monoisotopic (exact) mass is 323 g/mol. The topological polar surface area (TPSA) is 52.7 Å². The van der Waals surface area contributed by atoms with E-state index in [1.165, 1.54) is 11.3 Å². The highest BCUT2D eigenvalue weighted by Crippen LogP contribution is 2.18. The van der Waals surface area contributed by atoms with Crippen molar-refractivity contribution < 1.29 is 9.59 Å². The molecule has 0 spiro atoms. The van der Waals surface area contributed by atoms with Crippen LogP contribution >= 0.6 is 11.3 Å². The van der Waals surface area contributed by atoms with Crippen LogP contribution in [0.5, 0.6) is 0 Å². The van der Waals surface area contributed by atoms with E-state index in [2.05, 4.69) is 10.2 Å². The molecule has 22 heavy (non-hydrogen) atoms. The standard InChI is InChI=1S/C16H25N3O2S/c1-12-5-6-13(22-12)15(21)19-9-7-18(8-10-19)11-14(20)17-16(2,3)4/h5-6H,7-11H2,1-4H3,(H,17,20). The fourth-order valence-corrected chi connectivity index (χ4v) is 3.31. The highest BCUT2D eigenvalue weighted by molar-refractivity contribution is 7.13. The van der Waals surface area contributed by atoms with E-state index in [0.29, 0.717) is 19.6 Å². The van der Waals surface area contributed by atoms with E-state index in [-0.39, 0.29) is 17.4 Å². The largest absolute Gasteiger partial charge is 0.350 e. The Bertz CT molecular complexity index is 540. The van der Waals surface area contributed by atoms with Gasteiger partial charge < -0.3 is 10.2 Å². The second-order valence-electron chi connectivity index (χ2n) is 6.78. The molecule has 2 heterocycles. The van der Waals surface area contributed by atoms with Gasteiger partial charge >= 0.3 is 0 Å². The van der Waals surface area contributed by atoms with Gasteiger partial charge in [0.05, 0.1) is 11.4 Å². The summed E-state index contributed by atoms with van der Waals surface area (Å²) in [6, 6.07) is 3.87. The molecule has 0 radical (unpaired) electrons. The van der Waals surface area contributed by atoms with Gasteiger partial charge in [-0.1, -0.05) is 0 Å². The molecule has 1 aromatic heterocycles. The maximum atomic E-state index is 12.4. The number of nitrogens with zero attached hydrogens (tertiary/aromatic N) is 2. The highest BCUT2D eigenvalue weighted by atomic mass is 32.1. The van der Waals surface area contributed by atoms with Gasteiger partial charge in [-0.25, -0.2) is 0 Å². The molecule has 2 rings (SSSR count). The molecule has 0 atom stereocenters. The van der Waals surface area contributed by atoms with Crippen LogP contribution < -0.4 is 5.32 Å². The van der Waals surface area contributed by atoms with E-state index in [4.69, 9.17) is 0 Å². The molecule has 0 aromatic carbocycles. The summed E-state index contributed by atoms with van der Waals surface area (Å²) in [7, 11) is 0. The van der Waals surface area contributed by atoms with Crippen molar-refractivity contribution in [1.29, 1.82) is 0 Å². The summed E-state index contributed by atoms with van der Waals surface area (Å²) in [5, 5.41) is 2.97. The fourth-order valence-electron chi connectivity index (χ4n) is 2.48. The van der Waals surface area contributed by atoms with Crippen molar-refractivity contribution in [1.82, 2.24) is 15.1 Å². The molecular formula is C16H25N3O2S. The second-order valence-corrected chi connectivity index (χ2v) is 8.06. The van der Waals surface area contributed by atoms with Gasteiger partial charge in [0.15, 0.2) is 0 Å². The van der Waals surface area contributed by atoms with Crippen molar-refractivity contribution in [2.45, 2.75) is 33.2 Å². The Hall–Kier alpha value is -1.40. The molecule has 0 unspecified atom stereocenters. The predicted octanol–water partition coefficient (Wildman–Crippen LogP) is 1.73. The zero-order valence-corrected chi connectivity index (χ0v) is 14.6. The summed E-state index contributed by atoms with van der Waals surface area (Å²) in [6.45, 7) is 11.2. The second kappa shape index (κ2) is 6.79. The summed E-state index contributed by atoms with van der Waals surface area (Å²) in [4.78, 5) is 30.2. The number of piperazine rings is 1. The molecule has 1 aliphatic rings. The quantitative estimate of drug-likeness (QED) is 0.922. The zero-order chi connectivity index (χ0) is 16.3. The van der Waals surface area contributed by atoms with Crippen molar-refractivity contribution in [2.24, 2.45) is 0 Å². The average molecular weight is 323 g/mol. The highest BCUT2D eigenvalue weighted by Gasteiger charge is 2.24. The van der Waals surface area contributed by atoms with Crippen LogP contribution in [0.15, 0.2) is 12.1 Å². The molecule has 1 N–H and O–H groups in total. The Morgan fingerprint density at radius 3 is 2.32 bits per heavy atom. The average Bonchev–Trinajstić information content (AvgIpc) is 2.83. The van der Waals surface area contributed by atoms with Gasteiger partial charge in [0, 0.05) is 36.6 Å². The van der Waals surface area contributed by atoms with E-state index in [9.17, 15) is 9.59 Å². The maximum Gasteiger partial charge on any atom is 0.264 e. The molecular weight excluding hydrogens is 298 g/mol. The Morgan fingerprint density at radius 1 is 1.18 bits per heavy atom. The summed E-state index contributed by atoms with van der Waals surface area (Å²) in [6.07, 6.45) is 0. The molecule has 2 amide bonds. The van der Waals surface area contributed by atoms with Gasteiger partial charge in [0.2, 0.25) is 5.91 Å². The number of amides is 2. The first kappa shape index (κ1) is 17.0. The molecule has 1 fully saturated rings. The van der Waals surface area contributed by atoms with Crippen LogP contribution in [-0.4, -0.2) is 59.9 Å². The van der Waals surface area contributed by atoms with Crippen LogP contribution in [0, 0.1) is 6.92 Å². The Labute approximate surface area is 136 Å². The molecule has 0 bridgehead atoms. The number of hydrogen-bond acceptors (Lipinski definition) is 4. The van der Waals surface area contributed by atoms with Gasteiger partial charge in [-0.3, -0.25) is 14.5 Å². The van der Waals surface area contributed by atoms with Crippen molar-refractivity contribution in [2.75, 3.05) is 32.7 Å². The number of hydrogen-bond donors (Lipinski definition) is 1. The minimum atomic E-state index is -0.202. The van der Waals surface area contributed by atoms with Gasteiger partial charge in [-0.15, -0.1) is 11.3 Å². The lowest BCUT2D eigenvalue weighted by Crippen LogP contribution is -2.52. The Balaban J connectivity index is 1.80. The van der Waals surface area contributed by atoms with Gasteiger partial charge in [0.25, 0.3) is 5.91 Å². The summed E-state index contributed by atoms with van der Waals surface area (Å²) in [5.41, 5.74) is -0.202. The van der Waals surface area contributed by atoms with Crippen LogP contribution in [0.4, 0.5) is 0 Å². The van der Waals surface area contributed by atoms with E-state index in [0.717, 1.165) is 22.8 Å². The van der Waals surface area contributed by atoms with Crippen LogP contribution in [-0.2, 0) is 4.79 Å². The smallest absolute Gasteiger partial charge is 0.264 e. The lowest BCUT2D eigenvalue weighted by atomic mass is 10.1. The summed E-state index contributed by atoms with van der Waals surface area (Å²) in [5.74, 6) is 0.151. The van der Waals surface area contributed by atoms with E-state index in [1.807, 2.05) is 44.7 Å². The fraction of sp³-hybridized carbons (Fsp3) is 0.625. The molecule has 1 aromatic rings. The van der Waals surface area contributed by atoms with Crippen LogP contribution in [0.3, 0.4) is 0 Å². The number of carbonyl (C=O) groups excluding carboxylic acids is 2. The van der Waals surface area contributed by atoms with E-state index >= 15 is 0 Å². The van der Waals surface area contributed by atoms with Gasteiger partial charge in [0.1, 0.15) is 0 Å². The van der Waals surface area contributed by atoms with Gasteiger partial charge in [-0.2, -0.15) is 0 Å². The van der Waals surface area contributed by atoms with Gasteiger partial charge in [-0.05, 0) is 39.8 Å². The molecule has 0 saturated carbocycles. The number of nitrogens with one attached hydrogen (secondary N) is 1. The van der Waals surface area contributed by atoms with Crippen molar-refractivity contribution >= 4 is 23.2 Å². The number of aryl methyl sites for hydroxylation is 1. The first-order chi connectivity index (χ1) is 10.2. The minimum Gasteiger partial charge on any atom is -0.350 e. The normalized spacial score (nSPS) is 16.6. The Kier molecular flexibility index (Phi) is 5.24. The van der Waals surface area contributed by atoms with E-state index in [1.54, 1.807) is 0 Å². The third kappa shape index (κ3) is 4.81. The summed E-state index contributed by atoms with van der Waals surface area (Å²) >= 11 is 1.54. The first-order valence-corrected chi connectivity index (χ1v) is 8.45. The molecule has 5 nitrogen and oxygen atoms in total. The number of thiophene rings is 1. The van der Waals surface area contributed by atoms with Crippen molar-refractivity contribution in [3.8, 4) is 0 Å². The molecule has 122 valence electrons. The number of rotatable bonds is 3. The van der Waals surface area contributed by atoms with E-state index < -0.39 is 0 Å². The lowest BCUT2D eigenvalue weighted by molar-refractivity contribution is -0.124. The van der Waals surface area contributed by atoms with Crippen molar-refractivity contribution in [3.63, 3.8) is 0 Å². The predicted molar refractivity (Wildman–Crippen MR) is 89.3 cm³/mol. The molecule has 0 aliphatic carbocycles. The first-order valence-electron chi connectivity index (χ1n) is 7.64. The molecule has 6 heteroatoms. The number of carbonyl (C=O) groups is 2. The Morgan fingerprint density at radius 2 is 1.82 bits per heavy atom. The molecule has 1 saturated heterocycles. The minimum absolute atomic E-state index is 0.0427. The van der Waals surface area contributed by atoms with Crippen LogP contribution in [0.1, 0.15) is 35.3 Å². The van der Waals surface area contributed by atoms with Crippen LogP contribution in [0.25, 0.3) is 0 Å². The third-order valence-corrected chi connectivity index (χ3v) is 4.48. The van der Waals surface area contributed by atoms with Crippen LogP contribution in [0.2, 0.25) is 0 Å². The maximum absolute atomic E-state index is 12.4. The molecule has 1 aliphatic heterocycles. The van der Waals surface area contributed by atoms with Crippen molar-refractivity contribution in [3.05, 3.63) is 21.9 Å². The summed E-state index contributed by atoms with van der Waals surface area (Å²) < 4.78 is 0. The zero-order valence-electron chi connectivity index (χ0n) is 13.8.